The van der Waals surface area contributed by atoms with Gasteiger partial charge in [-0.25, -0.2) is 4.68 Å². The number of hydrogen-bond donors (Lipinski definition) is 0. The molecule has 0 radical (unpaired) electrons. The Kier molecular flexibility index (Phi) is 3.30. The molecule has 0 saturated heterocycles. The highest BCUT2D eigenvalue weighted by Gasteiger charge is 2.05. The summed E-state index contributed by atoms with van der Waals surface area (Å²) in [4.78, 5) is 10.8. The zero-order valence-electron chi connectivity index (χ0n) is 10.7. The minimum atomic E-state index is -1.22. The third-order valence-corrected chi connectivity index (χ3v) is 2.73. The molecule has 0 bridgehead atoms. The van der Waals surface area contributed by atoms with E-state index in [0.29, 0.717) is 17.1 Å². The molecule has 104 valence electrons. The normalized spacial score (nSPS) is 11.0. The summed E-state index contributed by atoms with van der Waals surface area (Å²) in [7, 11) is 0. The monoisotopic (exact) mass is 281 g/mol. The summed E-state index contributed by atoms with van der Waals surface area (Å²) in [6, 6.07) is 9.82. The standard InChI is InChI=1S/C14H10N4O3/c19-14(20)11-3-1-2-10(6-11)13-5-4-12(21-13)7-17-18-8-15-16-9-18/h1-9H,(H,19,20)/p-1/b17-7+. The molecule has 21 heavy (non-hydrogen) atoms. The van der Waals surface area contributed by atoms with Crippen molar-refractivity contribution in [3.8, 4) is 11.3 Å². The number of nitrogens with zero attached hydrogens (tertiary/aromatic N) is 4. The minimum Gasteiger partial charge on any atom is -0.545 e. The molecular weight excluding hydrogens is 272 g/mol. The highest BCUT2D eigenvalue weighted by Crippen LogP contribution is 2.22. The van der Waals surface area contributed by atoms with Gasteiger partial charge in [-0.15, -0.1) is 10.2 Å². The largest absolute Gasteiger partial charge is 0.545 e. The number of benzene rings is 1. The zero-order chi connectivity index (χ0) is 14.7. The Labute approximate surface area is 119 Å². The molecule has 0 atom stereocenters. The minimum absolute atomic E-state index is 0.101. The summed E-state index contributed by atoms with van der Waals surface area (Å²) >= 11 is 0. The lowest BCUT2D eigenvalue weighted by molar-refractivity contribution is -0.255. The van der Waals surface area contributed by atoms with Crippen LogP contribution in [-0.4, -0.2) is 27.1 Å². The van der Waals surface area contributed by atoms with Gasteiger partial charge in [0, 0.05) is 5.56 Å². The van der Waals surface area contributed by atoms with Crippen molar-refractivity contribution in [2.24, 2.45) is 5.10 Å². The first kappa shape index (κ1) is 12.8. The van der Waals surface area contributed by atoms with Crippen LogP contribution in [0.3, 0.4) is 0 Å². The van der Waals surface area contributed by atoms with Crippen LogP contribution in [0.5, 0.6) is 0 Å². The summed E-state index contributed by atoms with van der Waals surface area (Å²) in [5, 5.41) is 22.1. The van der Waals surface area contributed by atoms with Gasteiger partial charge in [-0.3, -0.25) is 0 Å². The van der Waals surface area contributed by atoms with E-state index in [4.69, 9.17) is 4.42 Å². The fourth-order valence-electron chi connectivity index (χ4n) is 1.76. The summed E-state index contributed by atoms with van der Waals surface area (Å²) in [5.41, 5.74) is 0.754. The van der Waals surface area contributed by atoms with Gasteiger partial charge >= 0.3 is 0 Å². The number of carbonyl (C=O) groups is 1. The molecule has 7 heteroatoms. The van der Waals surface area contributed by atoms with Crippen molar-refractivity contribution in [2.45, 2.75) is 0 Å². The van der Waals surface area contributed by atoms with E-state index in [9.17, 15) is 9.90 Å². The van der Waals surface area contributed by atoms with Crippen molar-refractivity contribution >= 4 is 12.2 Å². The van der Waals surface area contributed by atoms with Crippen molar-refractivity contribution in [2.75, 3.05) is 0 Å². The highest BCUT2D eigenvalue weighted by atomic mass is 16.4. The molecule has 0 fully saturated rings. The van der Waals surface area contributed by atoms with Crippen LogP contribution >= 0.6 is 0 Å². The van der Waals surface area contributed by atoms with Gasteiger partial charge in [0.25, 0.3) is 0 Å². The third kappa shape index (κ3) is 2.86. The Morgan fingerprint density at radius 2 is 2.05 bits per heavy atom. The van der Waals surface area contributed by atoms with Gasteiger partial charge in [-0.1, -0.05) is 18.2 Å². The first-order chi connectivity index (χ1) is 10.2. The molecule has 3 rings (SSSR count). The smallest absolute Gasteiger partial charge is 0.147 e. The highest BCUT2D eigenvalue weighted by molar-refractivity contribution is 5.87. The third-order valence-electron chi connectivity index (χ3n) is 2.73. The van der Waals surface area contributed by atoms with E-state index < -0.39 is 5.97 Å². The Morgan fingerprint density at radius 3 is 2.81 bits per heavy atom. The van der Waals surface area contributed by atoms with Crippen LogP contribution in [0.4, 0.5) is 0 Å². The van der Waals surface area contributed by atoms with Crippen LogP contribution in [0.15, 0.2) is 58.6 Å². The summed E-state index contributed by atoms with van der Waals surface area (Å²) in [6.45, 7) is 0. The molecule has 1 aromatic carbocycles. The van der Waals surface area contributed by atoms with Crippen LogP contribution in [-0.2, 0) is 0 Å². The molecule has 2 aromatic heterocycles. The van der Waals surface area contributed by atoms with Gasteiger partial charge < -0.3 is 14.3 Å². The molecule has 2 heterocycles. The second kappa shape index (κ2) is 5.41. The van der Waals surface area contributed by atoms with Crippen LogP contribution in [0.25, 0.3) is 11.3 Å². The zero-order valence-corrected chi connectivity index (χ0v) is 10.7. The maximum Gasteiger partial charge on any atom is 0.147 e. The molecule has 0 aliphatic rings. The SMILES string of the molecule is O=C([O-])c1cccc(-c2ccc(/C=N/n3cnnc3)o2)c1. The van der Waals surface area contributed by atoms with E-state index in [1.807, 2.05) is 0 Å². The Balaban J connectivity index is 1.84. The van der Waals surface area contributed by atoms with Gasteiger partial charge in [0.15, 0.2) is 0 Å². The van der Waals surface area contributed by atoms with E-state index in [-0.39, 0.29) is 5.56 Å². The van der Waals surface area contributed by atoms with Gasteiger partial charge in [-0.2, -0.15) is 5.10 Å². The predicted octanol–water partition coefficient (Wildman–Crippen LogP) is 0.784. The summed E-state index contributed by atoms with van der Waals surface area (Å²) in [5.74, 6) is -0.154. The molecular formula is C14H9N4O3-. The molecule has 7 nitrogen and oxygen atoms in total. The predicted molar refractivity (Wildman–Crippen MR) is 71.5 cm³/mol. The quantitative estimate of drug-likeness (QED) is 0.658. The molecule has 0 spiro atoms. The van der Waals surface area contributed by atoms with E-state index in [1.165, 1.54) is 35.7 Å². The number of aromatic carboxylic acids is 1. The maximum absolute atomic E-state index is 10.8. The average Bonchev–Trinajstić information content (AvgIpc) is 3.17. The number of rotatable bonds is 4. The van der Waals surface area contributed by atoms with Gasteiger partial charge in [0.05, 0.1) is 12.2 Å². The topological polar surface area (TPSA) is 96.3 Å². The number of carboxylic acids is 1. The van der Waals surface area contributed by atoms with Crippen LogP contribution < -0.4 is 5.11 Å². The molecule has 3 aromatic rings. The molecule has 0 aliphatic carbocycles. The lowest BCUT2D eigenvalue weighted by atomic mass is 10.1. The summed E-state index contributed by atoms with van der Waals surface area (Å²) < 4.78 is 7.02. The number of furan rings is 1. The van der Waals surface area contributed by atoms with Crippen molar-refractivity contribution in [3.63, 3.8) is 0 Å². The first-order valence-electron chi connectivity index (χ1n) is 6.03. The van der Waals surface area contributed by atoms with Crippen molar-refractivity contribution in [1.82, 2.24) is 14.9 Å². The van der Waals surface area contributed by atoms with Crippen LogP contribution in [0, 0.1) is 0 Å². The lowest BCUT2D eigenvalue weighted by Crippen LogP contribution is -2.22. The number of carboxylic acid groups (broad SMARTS) is 1. The van der Waals surface area contributed by atoms with Crippen LogP contribution in [0.2, 0.25) is 0 Å². The lowest BCUT2D eigenvalue weighted by Gasteiger charge is -2.03. The molecule has 0 N–H and O–H groups in total. The van der Waals surface area contributed by atoms with Crippen molar-refractivity contribution in [1.29, 1.82) is 0 Å². The Hall–Kier alpha value is -3.22. The number of carbonyl (C=O) groups excluding carboxylic acids is 1. The Bertz CT molecular complexity index is 790. The molecule has 0 amide bonds. The molecule has 0 aliphatic heterocycles. The fraction of sp³-hybridized carbons (Fsp3) is 0. The Morgan fingerprint density at radius 1 is 1.24 bits per heavy atom. The van der Waals surface area contributed by atoms with Gasteiger partial charge in [0.1, 0.15) is 24.2 Å². The van der Waals surface area contributed by atoms with Gasteiger partial charge in [0.2, 0.25) is 0 Å². The fourth-order valence-corrected chi connectivity index (χ4v) is 1.76. The second-order valence-corrected chi connectivity index (χ2v) is 4.16. The van der Waals surface area contributed by atoms with Crippen LogP contribution in [0.1, 0.15) is 16.1 Å². The van der Waals surface area contributed by atoms with Crippen molar-refractivity contribution < 1.29 is 14.3 Å². The molecule has 0 saturated carbocycles. The van der Waals surface area contributed by atoms with E-state index >= 15 is 0 Å². The van der Waals surface area contributed by atoms with E-state index in [2.05, 4.69) is 15.3 Å². The number of hydrogen-bond acceptors (Lipinski definition) is 6. The van der Waals surface area contributed by atoms with E-state index in [1.54, 1.807) is 24.3 Å². The first-order valence-corrected chi connectivity index (χ1v) is 6.03. The maximum atomic E-state index is 10.8. The second-order valence-electron chi connectivity index (χ2n) is 4.16. The molecule has 0 unspecified atom stereocenters. The summed E-state index contributed by atoms with van der Waals surface area (Å²) in [6.07, 6.45) is 4.41. The number of aromatic nitrogens is 3. The average molecular weight is 281 g/mol. The van der Waals surface area contributed by atoms with E-state index in [0.717, 1.165) is 0 Å². The van der Waals surface area contributed by atoms with Gasteiger partial charge in [-0.05, 0) is 23.8 Å². The van der Waals surface area contributed by atoms with Crippen molar-refractivity contribution in [3.05, 3.63) is 60.4 Å².